The Bertz CT molecular complexity index is 1210. The van der Waals surface area contributed by atoms with E-state index in [1.165, 1.54) is 18.3 Å². The average Bonchev–Trinajstić information content (AvgIpc) is 2.98. The third kappa shape index (κ3) is 2.67. The number of rotatable bonds is 4. The first-order valence-corrected chi connectivity index (χ1v) is 8.90. The Labute approximate surface area is 165 Å². The number of halogens is 2. The number of fused-ring (bicyclic) bond motifs is 1. The van der Waals surface area contributed by atoms with Crippen molar-refractivity contribution in [2.75, 3.05) is 0 Å². The van der Waals surface area contributed by atoms with Crippen LogP contribution in [-0.4, -0.2) is 16.6 Å². The van der Waals surface area contributed by atoms with Crippen molar-refractivity contribution in [1.82, 2.24) is 0 Å². The van der Waals surface area contributed by atoms with Gasteiger partial charge in [-0.2, -0.15) is 15.2 Å². The van der Waals surface area contributed by atoms with Gasteiger partial charge in [-0.1, -0.05) is 36.4 Å². The van der Waals surface area contributed by atoms with E-state index in [4.69, 9.17) is 10.6 Å². The first kappa shape index (κ1) is 17.4. The summed E-state index contributed by atoms with van der Waals surface area (Å²) in [6.07, 6.45) is 10.3. The number of nitrogens with zero attached hydrogens (tertiary/aromatic N) is 3. The van der Waals surface area contributed by atoms with E-state index in [0.29, 0.717) is 17.1 Å². The fourth-order valence-electron chi connectivity index (χ4n) is 3.32. The van der Waals surface area contributed by atoms with Gasteiger partial charge in [0.1, 0.15) is 17.6 Å². The first-order chi connectivity index (χ1) is 14.1. The van der Waals surface area contributed by atoms with Crippen molar-refractivity contribution in [3.8, 4) is 11.5 Å². The molecule has 2 aromatic carbocycles. The second kappa shape index (κ2) is 6.44. The summed E-state index contributed by atoms with van der Waals surface area (Å²) in [6.45, 7) is 0. The van der Waals surface area contributed by atoms with Crippen LogP contribution in [0.2, 0.25) is 0 Å². The lowest BCUT2D eigenvalue weighted by Crippen LogP contribution is -2.53. The Morgan fingerprint density at radius 3 is 2.52 bits per heavy atom. The van der Waals surface area contributed by atoms with Crippen LogP contribution < -0.4 is 10.6 Å². The van der Waals surface area contributed by atoms with Crippen LogP contribution >= 0.6 is 0 Å². The van der Waals surface area contributed by atoms with Crippen LogP contribution in [0.3, 0.4) is 0 Å². The highest BCUT2D eigenvalue weighted by atomic mass is 19.2. The highest BCUT2D eigenvalue weighted by Gasteiger charge is 2.46. The van der Waals surface area contributed by atoms with Gasteiger partial charge < -0.3 is 4.74 Å². The molecule has 142 valence electrons. The molecule has 0 saturated heterocycles. The van der Waals surface area contributed by atoms with Crippen LogP contribution in [0.4, 0.5) is 8.78 Å². The number of hydrogen-bond acceptors (Lipinski definition) is 4. The Morgan fingerprint density at radius 2 is 1.79 bits per heavy atom. The summed E-state index contributed by atoms with van der Waals surface area (Å²) in [7, 11) is 0. The molecule has 1 aliphatic carbocycles. The summed E-state index contributed by atoms with van der Waals surface area (Å²) in [6, 6.07) is 11.4. The van der Waals surface area contributed by atoms with Gasteiger partial charge in [0, 0.05) is 5.57 Å². The predicted molar refractivity (Wildman–Crippen MR) is 106 cm³/mol. The molecule has 1 atom stereocenters. The van der Waals surface area contributed by atoms with Crippen molar-refractivity contribution in [1.29, 1.82) is 0 Å². The lowest BCUT2D eigenvalue weighted by molar-refractivity contribution is -0.750. The number of allylic oxidation sites excluding steroid dienone is 4. The molecule has 2 aromatic rings. The van der Waals surface area contributed by atoms with Crippen molar-refractivity contribution in [2.24, 2.45) is 15.8 Å². The minimum absolute atomic E-state index is 0.0400. The van der Waals surface area contributed by atoms with Gasteiger partial charge in [-0.3, -0.25) is 4.99 Å². The molecule has 3 aliphatic rings. The molecule has 0 amide bonds. The molecule has 2 heterocycles. The number of para-hydroxylation sites is 1. The largest absolute Gasteiger partial charge is 0.454 e. The summed E-state index contributed by atoms with van der Waals surface area (Å²) >= 11 is 0. The van der Waals surface area contributed by atoms with E-state index in [0.717, 1.165) is 5.57 Å². The van der Waals surface area contributed by atoms with E-state index < -0.39 is 11.6 Å². The van der Waals surface area contributed by atoms with Crippen molar-refractivity contribution in [3.63, 3.8) is 0 Å². The molecule has 0 aromatic heterocycles. The Kier molecular flexibility index (Phi) is 3.87. The van der Waals surface area contributed by atoms with Gasteiger partial charge in [-0.15, -0.1) is 4.59 Å². The van der Waals surface area contributed by atoms with E-state index in [-0.39, 0.29) is 21.7 Å². The standard InChI is InChI=1S/C22H15F2N4O/c23-19-16(9-10-18(20(19)24)29-15-7-2-1-3-8-15)22-27-21(14-5-4-6-14)17-13-26-11-12-28(17,22)25/h1-13H,25H2/q+1. The van der Waals surface area contributed by atoms with Gasteiger partial charge >= 0.3 is 0 Å². The van der Waals surface area contributed by atoms with Crippen LogP contribution in [-0.2, 0) is 0 Å². The van der Waals surface area contributed by atoms with Gasteiger partial charge in [0.15, 0.2) is 11.6 Å². The first-order valence-electron chi connectivity index (χ1n) is 8.90. The van der Waals surface area contributed by atoms with Crippen molar-refractivity contribution in [2.45, 2.75) is 0 Å². The number of nitrogens with two attached hydrogens (primary N) is 1. The minimum atomic E-state index is -1.10. The molecule has 0 saturated carbocycles. The van der Waals surface area contributed by atoms with Crippen molar-refractivity contribution >= 4 is 12.1 Å². The predicted octanol–water partition coefficient (Wildman–Crippen LogP) is 4.47. The fourth-order valence-corrected chi connectivity index (χ4v) is 3.32. The summed E-state index contributed by atoms with van der Waals surface area (Å²) in [5.41, 5.74) is 1.99. The Balaban J connectivity index is 1.57. The summed E-state index contributed by atoms with van der Waals surface area (Å²) in [5.74, 6) is 4.71. The monoisotopic (exact) mass is 389 g/mol. The van der Waals surface area contributed by atoms with Crippen LogP contribution in [0, 0.1) is 11.6 Å². The smallest absolute Gasteiger partial charge is 0.268 e. The van der Waals surface area contributed by atoms with Crippen LogP contribution in [0.5, 0.6) is 11.5 Å². The molecule has 0 spiro atoms. The lowest BCUT2D eigenvalue weighted by atomic mass is 10.0. The minimum Gasteiger partial charge on any atom is -0.454 e. The van der Waals surface area contributed by atoms with E-state index in [1.807, 2.05) is 18.2 Å². The molecule has 29 heavy (non-hydrogen) atoms. The SMILES string of the molecule is N[N+]12C=CN=CC1=C(C1=CC=C1)N=C2c1ccc(Oc2ccccc2)c(F)c1F. The maximum atomic E-state index is 15.1. The number of benzene rings is 2. The number of ether oxygens (including phenoxy) is 1. The third-order valence-corrected chi connectivity index (χ3v) is 4.88. The molecule has 0 bridgehead atoms. The highest BCUT2D eigenvalue weighted by Crippen LogP contribution is 2.38. The molecule has 0 radical (unpaired) electrons. The van der Waals surface area contributed by atoms with E-state index in [2.05, 4.69) is 9.98 Å². The summed E-state index contributed by atoms with van der Waals surface area (Å²) in [5, 5.41) is 0. The van der Waals surface area contributed by atoms with Gasteiger partial charge in [0.2, 0.25) is 11.5 Å². The molecular formula is C22H15F2N4O+. The zero-order chi connectivity index (χ0) is 20.0. The van der Waals surface area contributed by atoms with E-state index in [9.17, 15) is 4.39 Å². The molecule has 5 nitrogen and oxygen atoms in total. The third-order valence-electron chi connectivity index (χ3n) is 4.88. The number of hydrogen-bond donors (Lipinski definition) is 1. The second-order valence-corrected chi connectivity index (χ2v) is 6.66. The summed E-state index contributed by atoms with van der Waals surface area (Å²) in [4.78, 5) is 8.66. The maximum absolute atomic E-state index is 15.1. The topological polar surface area (TPSA) is 60.0 Å². The van der Waals surface area contributed by atoms with E-state index in [1.54, 1.807) is 42.7 Å². The Hall–Kier alpha value is -3.68. The molecule has 0 fully saturated rings. The van der Waals surface area contributed by atoms with Crippen LogP contribution in [0.15, 0.2) is 100 Å². The van der Waals surface area contributed by atoms with Crippen LogP contribution in [0.25, 0.3) is 0 Å². The molecule has 1 unspecified atom stereocenters. The highest BCUT2D eigenvalue weighted by molar-refractivity contribution is 6.01. The van der Waals surface area contributed by atoms with Crippen LogP contribution in [0.1, 0.15) is 5.56 Å². The average molecular weight is 389 g/mol. The van der Waals surface area contributed by atoms with Crippen molar-refractivity contribution in [3.05, 3.63) is 107 Å². The van der Waals surface area contributed by atoms with Crippen molar-refractivity contribution < 1.29 is 18.1 Å². The lowest BCUT2D eigenvalue weighted by Gasteiger charge is -2.26. The number of quaternary nitrogens is 1. The second-order valence-electron chi connectivity index (χ2n) is 6.66. The number of amidine groups is 1. The fraction of sp³-hybridized carbons (Fsp3) is 0. The number of aliphatic imine (C=N–C) groups is 2. The quantitative estimate of drug-likeness (QED) is 0.620. The summed E-state index contributed by atoms with van der Waals surface area (Å²) < 4.78 is 34.9. The molecule has 7 heteroatoms. The van der Waals surface area contributed by atoms with Gasteiger partial charge in [0.05, 0.1) is 18.0 Å². The van der Waals surface area contributed by atoms with Gasteiger partial charge in [-0.05, 0) is 24.3 Å². The molecule has 5 rings (SSSR count). The maximum Gasteiger partial charge on any atom is 0.268 e. The Morgan fingerprint density at radius 1 is 1.00 bits per heavy atom. The molecule has 2 N–H and O–H groups in total. The zero-order valence-electron chi connectivity index (χ0n) is 15.1. The molecule has 2 aliphatic heterocycles. The zero-order valence-corrected chi connectivity index (χ0v) is 15.1. The van der Waals surface area contributed by atoms with E-state index >= 15 is 4.39 Å². The van der Waals surface area contributed by atoms with Gasteiger partial charge in [-0.25, -0.2) is 4.39 Å². The van der Waals surface area contributed by atoms with Gasteiger partial charge in [0.25, 0.3) is 5.84 Å². The molecular weight excluding hydrogens is 374 g/mol. The normalized spacial score (nSPS) is 21.6.